The van der Waals surface area contributed by atoms with Crippen molar-refractivity contribution in [3.63, 3.8) is 0 Å². The van der Waals surface area contributed by atoms with Crippen LogP contribution in [0.25, 0.3) is 0 Å². The van der Waals surface area contributed by atoms with Crippen molar-refractivity contribution in [2.45, 2.75) is 38.6 Å². The van der Waals surface area contributed by atoms with Gasteiger partial charge in [-0.25, -0.2) is 0 Å². The number of hydrogen-bond acceptors (Lipinski definition) is 7. The molecule has 2 saturated heterocycles. The summed E-state index contributed by atoms with van der Waals surface area (Å²) in [5.74, 6) is -1.78. The molecule has 2 aliphatic heterocycles. The van der Waals surface area contributed by atoms with Gasteiger partial charge in [0.25, 0.3) is 0 Å². The van der Waals surface area contributed by atoms with Crippen LogP contribution in [0.4, 0.5) is 5.69 Å². The molecule has 1 spiro atoms. The van der Waals surface area contributed by atoms with Gasteiger partial charge in [0.05, 0.1) is 25.4 Å². The van der Waals surface area contributed by atoms with Gasteiger partial charge in [-0.05, 0) is 58.8 Å². The van der Waals surface area contributed by atoms with Crippen LogP contribution in [0.2, 0.25) is 0 Å². The van der Waals surface area contributed by atoms with Gasteiger partial charge in [0, 0.05) is 25.3 Å². The van der Waals surface area contributed by atoms with E-state index in [9.17, 15) is 9.59 Å². The SMILES string of the molecule is CCOC(=O)C(CCN1CCC2(CC1)CN(C)CN2c1ccccc1)C(=O)OCC. The third-order valence-electron chi connectivity index (χ3n) is 6.25. The summed E-state index contributed by atoms with van der Waals surface area (Å²) in [4.78, 5) is 31.7. The molecule has 0 N–H and O–H groups in total. The predicted molar refractivity (Wildman–Crippen MR) is 116 cm³/mol. The predicted octanol–water partition coefficient (Wildman–Crippen LogP) is 2.36. The minimum absolute atomic E-state index is 0.147. The van der Waals surface area contributed by atoms with Crippen LogP contribution < -0.4 is 4.90 Å². The van der Waals surface area contributed by atoms with E-state index in [1.807, 2.05) is 0 Å². The molecule has 0 unspecified atom stereocenters. The molecule has 0 atom stereocenters. The highest BCUT2D eigenvalue weighted by molar-refractivity contribution is 5.94. The minimum Gasteiger partial charge on any atom is -0.465 e. The fourth-order valence-electron chi connectivity index (χ4n) is 4.74. The first-order valence-corrected chi connectivity index (χ1v) is 11.1. The number of hydrogen-bond donors (Lipinski definition) is 0. The number of piperidine rings is 1. The monoisotopic (exact) mass is 417 g/mol. The molecule has 0 amide bonds. The zero-order chi connectivity index (χ0) is 21.6. The van der Waals surface area contributed by atoms with Gasteiger partial charge in [0.1, 0.15) is 0 Å². The van der Waals surface area contributed by atoms with Gasteiger partial charge in [0.15, 0.2) is 5.92 Å². The Kier molecular flexibility index (Phi) is 7.72. The molecular formula is C23H35N3O4. The van der Waals surface area contributed by atoms with Gasteiger partial charge in [-0.15, -0.1) is 0 Å². The van der Waals surface area contributed by atoms with E-state index in [1.54, 1.807) is 13.8 Å². The number of benzene rings is 1. The van der Waals surface area contributed by atoms with Crippen molar-refractivity contribution in [3.05, 3.63) is 30.3 Å². The second-order valence-electron chi connectivity index (χ2n) is 8.33. The van der Waals surface area contributed by atoms with Crippen LogP contribution in [0, 0.1) is 5.92 Å². The summed E-state index contributed by atoms with van der Waals surface area (Å²) >= 11 is 0. The Labute approximate surface area is 179 Å². The molecule has 7 heteroatoms. The summed E-state index contributed by atoms with van der Waals surface area (Å²) < 4.78 is 10.2. The molecular weight excluding hydrogens is 382 g/mol. The quantitative estimate of drug-likeness (QED) is 0.475. The largest absolute Gasteiger partial charge is 0.465 e. The summed E-state index contributed by atoms with van der Waals surface area (Å²) in [5, 5.41) is 0. The summed E-state index contributed by atoms with van der Waals surface area (Å²) in [6.45, 7) is 8.64. The van der Waals surface area contributed by atoms with Gasteiger partial charge in [-0.3, -0.25) is 14.5 Å². The first kappa shape index (κ1) is 22.6. The van der Waals surface area contributed by atoms with Crippen molar-refractivity contribution < 1.29 is 19.1 Å². The fraction of sp³-hybridized carbons (Fsp3) is 0.652. The molecule has 1 aromatic rings. The lowest BCUT2D eigenvalue weighted by Crippen LogP contribution is -2.54. The van der Waals surface area contributed by atoms with Crippen molar-refractivity contribution in [3.8, 4) is 0 Å². The van der Waals surface area contributed by atoms with E-state index in [0.29, 0.717) is 13.0 Å². The number of para-hydroxylation sites is 1. The summed E-state index contributed by atoms with van der Waals surface area (Å²) in [6.07, 6.45) is 2.57. The molecule has 7 nitrogen and oxygen atoms in total. The molecule has 0 radical (unpaired) electrons. The highest BCUT2D eigenvalue weighted by Crippen LogP contribution is 2.37. The van der Waals surface area contributed by atoms with E-state index >= 15 is 0 Å². The van der Waals surface area contributed by atoms with Crippen molar-refractivity contribution in [2.24, 2.45) is 5.92 Å². The maximum absolute atomic E-state index is 12.2. The van der Waals surface area contributed by atoms with E-state index in [1.165, 1.54) is 5.69 Å². The molecule has 2 fully saturated rings. The maximum atomic E-state index is 12.2. The van der Waals surface area contributed by atoms with Crippen molar-refractivity contribution >= 4 is 17.6 Å². The van der Waals surface area contributed by atoms with Crippen molar-refractivity contribution in [2.75, 3.05) is 58.0 Å². The zero-order valence-electron chi connectivity index (χ0n) is 18.5. The zero-order valence-corrected chi connectivity index (χ0v) is 18.5. The van der Waals surface area contributed by atoms with E-state index in [2.05, 4.69) is 52.1 Å². The number of ether oxygens (including phenoxy) is 2. The number of esters is 2. The summed E-state index contributed by atoms with van der Waals surface area (Å²) in [5.41, 5.74) is 1.42. The standard InChI is InChI=1S/C23H35N3O4/c1-4-29-21(27)20(22(28)30-5-2)11-14-25-15-12-23(13-16-25)17-24(3)18-26(23)19-9-7-6-8-10-19/h6-10,20H,4-5,11-18H2,1-3H3. The van der Waals surface area contributed by atoms with Crippen molar-refractivity contribution in [1.82, 2.24) is 9.80 Å². The molecule has 0 bridgehead atoms. The minimum atomic E-state index is -0.834. The lowest BCUT2D eigenvalue weighted by Gasteiger charge is -2.45. The lowest BCUT2D eigenvalue weighted by atomic mass is 9.86. The lowest BCUT2D eigenvalue weighted by molar-refractivity contribution is -0.162. The first-order valence-electron chi connectivity index (χ1n) is 11.1. The third-order valence-corrected chi connectivity index (χ3v) is 6.25. The number of anilines is 1. The number of rotatable bonds is 8. The van der Waals surface area contributed by atoms with Crippen LogP contribution in [0.15, 0.2) is 30.3 Å². The Morgan fingerprint density at radius 1 is 1.03 bits per heavy atom. The van der Waals surface area contributed by atoms with Gasteiger partial charge >= 0.3 is 11.9 Å². The third kappa shape index (κ3) is 5.13. The molecule has 166 valence electrons. The van der Waals surface area contributed by atoms with E-state index < -0.39 is 17.9 Å². The van der Waals surface area contributed by atoms with E-state index in [-0.39, 0.29) is 18.8 Å². The van der Waals surface area contributed by atoms with Crippen molar-refractivity contribution in [1.29, 1.82) is 0 Å². The molecule has 0 aliphatic carbocycles. The average molecular weight is 418 g/mol. The molecule has 1 aromatic carbocycles. The number of carbonyl (C=O) groups excluding carboxylic acids is 2. The molecule has 0 saturated carbocycles. The molecule has 2 aliphatic rings. The fourth-order valence-corrected chi connectivity index (χ4v) is 4.74. The van der Waals surface area contributed by atoms with Crippen LogP contribution in [0.5, 0.6) is 0 Å². The Bertz CT molecular complexity index is 686. The van der Waals surface area contributed by atoms with Crippen LogP contribution in [0.1, 0.15) is 33.1 Å². The summed E-state index contributed by atoms with van der Waals surface area (Å²) in [7, 11) is 2.18. The molecule has 0 aromatic heterocycles. The number of likely N-dealkylation sites (tertiary alicyclic amines) is 1. The van der Waals surface area contributed by atoms with Crippen LogP contribution >= 0.6 is 0 Å². The highest BCUT2D eigenvalue weighted by Gasteiger charge is 2.45. The smallest absolute Gasteiger partial charge is 0.320 e. The van der Waals surface area contributed by atoms with E-state index in [0.717, 1.165) is 39.1 Å². The second kappa shape index (κ2) is 10.3. The van der Waals surface area contributed by atoms with Gasteiger partial charge in [0.2, 0.25) is 0 Å². The maximum Gasteiger partial charge on any atom is 0.320 e. The normalized spacial score (nSPS) is 19.4. The topological polar surface area (TPSA) is 62.3 Å². The van der Waals surface area contributed by atoms with Gasteiger partial charge in [-0.1, -0.05) is 18.2 Å². The average Bonchev–Trinajstić information content (AvgIpc) is 3.06. The second-order valence-corrected chi connectivity index (χ2v) is 8.33. The first-order chi connectivity index (χ1) is 14.5. The van der Waals surface area contributed by atoms with Crippen LogP contribution in [0.3, 0.4) is 0 Å². The Hall–Kier alpha value is -2.12. The van der Waals surface area contributed by atoms with Crippen LogP contribution in [-0.2, 0) is 19.1 Å². The number of likely N-dealkylation sites (N-methyl/N-ethyl adjacent to an activating group) is 1. The van der Waals surface area contributed by atoms with Gasteiger partial charge in [-0.2, -0.15) is 0 Å². The van der Waals surface area contributed by atoms with Gasteiger partial charge < -0.3 is 19.3 Å². The Morgan fingerprint density at radius 3 is 2.20 bits per heavy atom. The molecule has 30 heavy (non-hydrogen) atoms. The highest BCUT2D eigenvalue weighted by atomic mass is 16.6. The Balaban J connectivity index is 1.59. The number of nitrogens with zero attached hydrogens (tertiary/aromatic N) is 3. The summed E-state index contributed by atoms with van der Waals surface area (Å²) in [6, 6.07) is 10.6. The van der Waals surface area contributed by atoms with Crippen LogP contribution in [-0.4, -0.2) is 80.4 Å². The number of carbonyl (C=O) groups is 2. The van der Waals surface area contributed by atoms with E-state index in [4.69, 9.17) is 9.47 Å². The Morgan fingerprint density at radius 2 is 1.63 bits per heavy atom. The molecule has 2 heterocycles. The molecule has 3 rings (SSSR count).